The molecular weight excluding hydrogens is 556 g/mol. The van der Waals surface area contributed by atoms with Gasteiger partial charge < -0.3 is 16.2 Å². The summed E-state index contributed by atoms with van der Waals surface area (Å²) in [5.74, 6) is 6.67. The van der Waals surface area contributed by atoms with Crippen molar-refractivity contribution < 1.29 is 23.7 Å². The topological polar surface area (TPSA) is 169 Å². The highest BCUT2D eigenvalue weighted by molar-refractivity contribution is 7.99. The molecule has 0 fully saturated rings. The highest BCUT2D eigenvalue weighted by atomic mass is 32.2. The summed E-state index contributed by atoms with van der Waals surface area (Å²) in [5.41, 5.74) is 8.95. The molecule has 0 aliphatic rings. The van der Waals surface area contributed by atoms with Crippen LogP contribution in [0, 0.1) is 18.8 Å². The number of carboxylic acids is 1. The van der Waals surface area contributed by atoms with Gasteiger partial charge >= 0.3 is 5.97 Å². The molecule has 2 amide bonds. The normalized spacial score (nSPS) is 12.7. The molecule has 0 saturated heterocycles. The average molecular weight is 585 g/mol. The van der Waals surface area contributed by atoms with E-state index in [-0.39, 0.29) is 27.7 Å². The van der Waals surface area contributed by atoms with Gasteiger partial charge in [-0.05, 0) is 67.7 Å². The molecule has 2 aromatic heterocycles. The van der Waals surface area contributed by atoms with Crippen molar-refractivity contribution in [2.75, 3.05) is 11.1 Å². The number of nitrogens with zero attached hydrogens (tertiary/aromatic N) is 3. The number of nitrogens with two attached hydrogens (primary N) is 1. The number of carboxylic acid groups (broad SMARTS) is 1. The van der Waals surface area contributed by atoms with Gasteiger partial charge in [0.05, 0.1) is 32.4 Å². The highest BCUT2D eigenvalue weighted by Crippen LogP contribution is 2.20. The van der Waals surface area contributed by atoms with Gasteiger partial charge in [0.25, 0.3) is 11.8 Å². The predicted octanol–water partition coefficient (Wildman–Crippen LogP) is 2.97. The van der Waals surface area contributed by atoms with Crippen LogP contribution in [0.15, 0.2) is 71.8 Å². The van der Waals surface area contributed by atoms with Crippen LogP contribution in [-0.4, -0.2) is 47.7 Å². The van der Waals surface area contributed by atoms with Crippen molar-refractivity contribution in [2.24, 2.45) is 7.05 Å². The van der Waals surface area contributed by atoms with Crippen molar-refractivity contribution in [3.05, 3.63) is 101 Å². The van der Waals surface area contributed by atoms with E-state index in [9.17, 15) is 23.7 Å². The second-order valence-electron chi connectivity index (χ2n) is 9.48. The summed E-state index contributed by atoms with van der Waals surface area (Å²) in [5, 5.41) is 16.3. The van der Waals surface area contributed by atoms with Gasteiger partial charge in [0.2, 0.25) is 0 Å². The average Bonchev–Trinajstić information content (AvgIpc) is 3.29. The maximum atomic E-state index is 13.3. The molecule has 5 N–H and O–H groups in total. The first-order valence-electron chi connectivity index (χ1n) is 12.6. The molecule has 4 aromatic rings. The van der Waals surface area contributed by atoms with E-state index in [1.54, 1.807) is 56.4 Å². The third kappa shape index (κ3) is 6.83. The summed E-state index contributed by atoms with van der Waals surface area (Å²) in [6.45, 7) is 3.30. The van der Waals surface area contributed by atoms with Gasteiger partial charge in [-0.15, -0.1) is 0 Å². The predicted molar refractivity (Wildman–Crippen MR) is 160 cm³/mol. The zero-order chi connectivity index (χ0) is 30.6. The van der Waals surface area contributed by atoms with Crippen molar-refractivity contribution >= 4 is 44.9 Å². The first kappa shape index (κ1) is 29.6. The number of hydrogen-bond acceptors (Lipinski definition) is 7. The first-order valence-corrected chi connectivity index (χ1v) is 14.3. The second-order valence-corrected chi connectivity index (χ2v) is 11.5. The zero-order valence-electron chi connectivity index (χ0n) is 23.0. The molecule has 11 nitrogen and oxygen atoms in total. The Morgan fingerprint density at radius 1 is 1.07 bits per heavy atom. The number of benzene rings is 2. The lowest BCUT2D eigenvalue weighted by Crippen LogP contribution is -2.30. The Labute approximate surface area is 242 Å². The molecule has 2 unspecified atom stereocenters. The minimum Gasteiger partial charge on any atom is -0.481 e. The fraction of sp³-hybridized carbons (Fsp3) is 0.133. The summed E-state index contributed by atoms with van der Waals surface area (Å²) in [6.07, 6.45) is 1.23. The summed E-state index contributed by atoms with van der Waals surface area (Å²) >= 11 is 0. The number of nitrogens with one attached hydrogen (secondary N) is 2. The standard InChI is InChI=1S/C30H28N6O5S/c1-18-13-26(36(3)34-18)29(38)33-24-9-5-7-20(14-24)11-12-22-15-23(17-32-27(22)31)28(37)35-42(4,41)25-10-6-8-21(16-25)19(2)30(39)40/h5-10,13-17,19H,4H2,1-3H3,(H2,31,32)(H,33,38)(H,39,40)(H,35,37,41). The van der Waals surface area contributed by atoms with Gasteiger partial charge in [0, 0.05) is 29.4 Å². The van der Waals surface area contributed by atoms with Crippen LogP contribution >= 0.6 is 0 Å². The molecule has 4 rings (SSSR count). The molecule has 12 heteroatoms. The van der Waals surface area contributed by atoms with Crippen molar-refractivity contribution in [2.45, 2.75) is 24.7 Å². The van der Waals surface area contributed by atoms with E-state index in [0.717, 1.165) is 5.69 Å². The molecule has 0 bridgehead atoms. The van der Waals surface area contributed by atoms with Gasteiger partial charge in [-0.3, -0.25) is 23.8 Å². The molecule has 2 atom stereocenters. The Bertz CT molecular complexity index is 1890. The molecule has 2 heterocycles. The summed E-state index contributed by atoms with van der Waals surface area (Å²) < 4.78 is 17.2. The van der Waals surface area contributed by atoms with Crippen LogP contribution in [0.2, 0.25) is 0 Å². The number of aryl methyl sites for hydroxylation is 2. The number of anilines is 2. The largest absolute Gasteiger partial charge is 0.481 e. The Kier molecular flexibility index (Phi) is 8.44. The number of carbonyl (C=O) groups excluding carboxylic acids is 2. The summed E-state index contributed by atoms with van der Waals surface area (Å²) in [7, 11) is -1.64. The molecule has 2 aromatic carbocycles. The maximum Gasteiger partial charge on any atom is 0.310 e. The molecule has 0 aliphatic carbocycles. The maximum absolute atomic E-state index is 13.3. The third-order valence-electron chi connectivity index (χ3n) is 6.24. The monoisotopic (exact) mass is 584 g/mol. The van der Waals surface area contributed by atoms with Crippen LogP contribution in [0.4, 0.5) is 11.5 Å². The molecule has 0 saturated carbocycles. The van der Waals surface area contributed by atoms with E-state index in [2.05, 4.69) is 37.8 Å². The number of aliphatic carboxylic acids is 1. The van der Waals surface area contributed by atoms with Crippen molar-refractivity contribution in [3.63, 3.8) is 0 Å². The summed E-state index contributed by atoms with van der Waals surface area (Å²) in [4.78, 5) is 41.2. The summed E-state index contributed by atoms with van der Waals surface area (Å²) in [6, 6.07) is 16.1. The van der Waals surface area contributed by atoms with E-state index in [1.807, 2.05) is 0 Å². The van der Waals surface area contributed by atoms with Crippen LogP contribution in [-0.2, 0) is 21.5 Å². The molecule has 42 heavy (non-hydrogen) atoms. The number of nitrogen functional groups attached to an aromatic ring is 1. The van der Waals surface area contributed by atoms with Crippen LogP contribution in [0.1, 0.15) is 56.1 Å². The van der Waals surface area contributed by atoms with Crippen LogP contribution < -0.4 is 15.8 Å². The van der Waals surface area contributed by atoms with Crippen molar-refractivity contribution in [1.29, 1.82) is 0 Å². The number of rotatable bonds is 7. The molecule has 0 aliphatic heterocycles. The highest BCUT2D eigenvalue weighted by Gasteiger charge is 2.19. The first-order chi connectivity index (χ1) is 19.8. The minimum atomic E-state index is -3.33. The van der Waals surface area contributed by atoms with E-state index in [0.29, 0.717) is 22.5 Å². The number of amides is 2. The van der Waals surface area contributed by atoms with E-state index >= 15 is 0 Å². The van der Waals surface area contributed by atoms with Gasteiger partial charge in [-0.25, -0.2) is 9.19 Å². The van der Waals surface area contributed by atoms with E-state index in [4.69, 9.17) is 5.73 Å². The van der Waals surface area contributed by atoms with Gasteiger partial charge in [-0.2, -0.15) is 5.10 Å². The van der Waals surface area contributed by atoms with Gasteiger partial charge in [0.1, 0.15) is 11.5 Å². The fourth-order valence-corrected chi connectivity index (χ4v) is 5.09. The lowest BCUT2D eigenvalue weighted by Gasteiger charge is -2.14. The fourth-order valence-electron chi connectivity index (χ4n) is 3.93. The Morgan fingerprint density at radius 3 is 2.50 bits per heavy atom. The Balaban J connectivity index is 1.52. The van der Waals surface area contributed by atoms with Crippen LogP contribution in [0.25, 0.3) is 0 Å². The van der Waals surface area contributed by atoms with Crippen LogP contribution in [0.5, 0.6) is 0 Å². The van der Waals surface area contributed by atoms with Gasteiger partial charge in [-0.1, -0.05) is 30.0 Å². The Hall–Kier alpha value is -5.41. The lowest BCUT2D eigenvalue weighted by molar-refractivity contribution is -0.138. The molecule has 0 radical (unpaired) electrons. The smallest absolute Gasteiger partial charge is 0.310 e. The molecule has 214 valence electrons. The third-order valence-corrected chi connectivity index (χ3v) is 7.77. The number of aromatic nitrogens is 3. The Morgan fingerprint density at radius 2 is 1.81 bits per heavy atom. The lowest BCUT2D eigenvalue weighted by atomic mass is 10.0. The minimum absolute atomic E-state index is 0.0485. The molecule has 0 spiro atoms. The zero-order valence-corrected chi connectivity index (χ0v) is 23.9. The van der Waals surface area contributed by atoms with Crippen LogP contribution in [0.3, 0.4) is 0 Å². The van der Waals surface area contributed by atoms with Gasteiger partial charge in [0.15, 0.2) is 0 Å². The number of hydrogen-bond donors (Lipinski definition) is 4. The van der Waals surface area contributed by atoms with Crippen molar-refractivity contribution in [3.8, 4) is 11.8 Å². The van der Waals surface area contributed by atoms with Crippen molar-refractivity contribution in [1.82, 2.24) is 19.5 Å². The SMILES string of the molecule is C=S(=O)(NC(=O)c1cnc(N)c(C#Cc2cccc(NC(=O)c3cc(C)nn3C)c2)c1)c1cccc(C(C)C(=O)O)c1. The van der Waals surface area contributed by atoms with E-state index in [1.165, 1.54) is 36.0 Å². The number of pyridine rings is 1. The van der Waals surface area contributed by atoms with E-state index < -0.39 is 27.5 Å². The quantitative estimate of drug-likeness (QED) is 0.190. The number of carbonyl (C=O) groups is 3. The second kappa shape index (κ2) is 12.0. The molecular formula is C30H28N6O5S.